The van der Waals surface area contributed by atoms with Gasteiger partial charge in [-0.2, -0.15) is 16.8 Å². The van der Waals surface area contributed by atoms with E-state index in [0.29, 0.717) is 0 Å². The summed E-state index contributed by atoms with van der Waals surface area (Å²) >= 11 is 0. The van der Waals surface area contributed by atoms with Crippen LogP contribution < -0.4 is 17.2 Å². The number of hydrogen-bond acceptors (Lipinski definition) is 13. The number of nitrogens with two attached hydrogens (primary N) is 3. The van der Waals surface area contributed by atoms with Crippen LogP contribution in [0.1, 0.15) is 12.8 Å². The first-order valence-electron chi connectivity index (χ1n) is 8.49. The highest BCUT2D eigenvalue weighted by Crippen LogP contribution is 2.27. The lowest BCUT2D eigenvalue weighted by molar-refractivity contribution is -0.294. The quantitative estimate of drug-likeness (QED) is 0.160. The van der Waals surface area contributed by atoms with Crippen molar-refractivity contribution < 1.29 is 64.9 Å². The van der Waals surface area contributed by atoms with Crippen LogP contribution in [0.3, 0.4) is 0 Å². The molecule has 2 fully saturated rings. The molecule has 2 aliphatic rings. The van der Waals surface area contributed by atoms with E-state index in [1.807, 2.05) is 0 Å². The third-order valence-corrected chi connectivity index (χ3v) is 4.15. The molecule has 17 nitrogen and oxygen atoms in total. The fourth-order valence-electron chi connectivity index (χ4n) is 2.82. The van der Waals surface area contributed by atoms with Crippen molar-refractivity contribution >= 4 is 20.8 Å². The normalized spacial score (nSPS) is 38.9. The van der Waals surface area contributed by atoms with E-state index in [-0.39, 0.29) is 19.4 Å². The Morgan fingerprint density at radius 1 is 0.806 bits per heavy atom. The van der Waals surface area contributed by atoms with Gasteiger partial charge in [0.25, 0.3) is 0 Å². The van der Waals surface area contributed by atoms with Crippen LogP contribution in [-0.4, -0.2) is 117 Å². The van der Waals surface area contributed by atoms with E-state index in [4.69, 9.17) is 61.7 Å². The van der Waals surface area contributed by atoms with Crippen LogP contribution in [0.15, 0.2) is 0 Å². The maximum Gasteiger partial charge on any atom is 0.394 e. The zero-order chi connectivity index (χ0) is 24.7. The third kappa shape index (κ3) is 12.9. The SMILES string of the molecule is NCC1OC(OC2C(N)CC(N)C(O)C2O)C(O)CC1O.O=S(=O)(O)O.O=S(=O)(O)O. The Bertz CT molecular complexity index is 691. The molecule has 0 spiro atoms. The van der Waals surface area contributed by atoms with Crippen molar-refractivity contribution in [3.63, 3.8) is 0 Å². The molecule has 19 heteroatoms. The van der Waals surface area contributed by atoms with Gasteiger partial charge in [0.05, 0.1) is 18.3 Å². The topological polar surface area (TPSA) is 327 Å². The van der Waals surface area contributed by atoms with E-state index >= 15 is 0 Å². The molecule has 1 saturated heterocycles. The lowest BCUT2D eigenvalue weighted by Gasteiger charge is -2.44. The number of aliphatic hydroxyl groups excluding tert-OH is 4. The zero-order valence-corrected chi connectivity index (χ0v) is 17.5. The Kier molecular flexibility index (Phi) is 12.3. The van der Waals surface area contributed by atoms with Gasteiger partial charge in [-0.1, -0.05) is 0 Å². The van der Waals surface area contributed by atoms with Gasteiger partial charge in [-0.3, -0.25) is 18.2 Å². The second-order valence-corrected chi connectivity index (χ2v) is 8.48. The minimum absolute atomic E-state index is 0.0483. The summed E-state index contributed by atoms with van der Waals surface area (Å²) in [7, 11) is -9.33. The van der Waals surface area contributed by atoms with Crippen LogP contribution in [0.4, 0.5) is 0 Å². The maximum atomic E-state index is 10.0. The summed E-state index contributed by atoms with van der Waals surface area (Å²) < 4.78 is 74.1. The zero-order valence-electron chi connectivity index (χ0n) is 15.9. The molecule has 1 saturated carbocycles. The van der Waals surface area contributed by atoms with Crippen molar-refractivity contribution in [1.82, 2.24) is 0 Å². The first kappa shape index (κ1) is 30.4. The molecule has 1 heterocycles. The van der Waals surface area contributed by atoms with Crippen molar-refractivity contribution in [1.29, 1.82) is 0 Å². The smallest absolute Gasteiger partial charge is 0.390 e. The molecule has 9 unspecified atom stereocenters. The first-order valence-corrected chi connectivity index (χ1v) is 11.3. The highest BCUT2D eigenvalue weighted by molar-refractivity contribution is 7.80. The van der Waals surface area contributed by atoms with Crippen molar-refractivity contribution in [3.05, 3.63) is 0 Å². The minimum atomic E-state index is -4.67. The van der Waals surface area contributed by atoms with Crippen LogP contribution in [0.2, 0.25) is 0 Å². The third-order valence-electron chi connectivity index (χ3n) is 4.15. The van der Waals surface area contributed by atoms with E-state index < -0.39 is 75.8 Å². The molecular formula is C12H29N3O14S2. The average molecular weight is 504 g/mol. The van der Waals surface area contributed by atoms with E-state index in [0.717, 1.165) is 0 Å². The summed E-state index contributed by atoms with van der Waals surface area (Å²) in [6.45, 7) is 0.0700. The molecule has 9 atom stereocenters. The highest BCUT2D eigenvalue weighted by Gasteiger charge is 2.45. The minimum Gasteiger partial charge on any atom is -0.390 e. The van der Waals surface area contributed by atoms with Gasteiger partial charge in [-0.05, 0) is 6.42 Å². The summed E-state index contributed by atoms with van der Waals surface area (Å²) in [5.74, 6) is 0. The fourth-order valence-corrected chi connectivity index (χ4v) is 2.82. The summed E-state index contributed by atoms with van der Waals surface area (Å²) in [6, 6.07) is -1.23. The van der Waals surface area contributed by atoms with Crippen molar-refractivity contribution in [2.24, 2.45) is 17.2 Å². The van der Waals surface area contributed by atoms with Gasteiger partial charge in [0.1, 0.15) is 18.3 Å². The molecule has 0 radical (unpaired) electrons. The van der Waals surface area contributed by atoms with Gasteiger partial charge in [0.15, 0.2) is 6.29 Å². The predicted molar refractivity (Wildman–Crippen MR) is 100 cm³/mol. The summed E-state index contributed by atoms with van der Waals surface area (Å²) in [5.41, 5.74) is 17.0. The molecule has 14 N–H and O–H groups in total. The van der Waals surface area contributed by atoms with Gasteiger partial charge >= 0.3 is 20.8 Å². The van der Waals surface area contributed by atoms with Crippen LogP contribution in [-0.2, 0) is 30.3 Å². The van der Waals surface area contributed by atoms with Crippen LogP contribution >= 0.6 is 0 Å². The van der Waals surface area contributed by atoms with Gasteiger partial charge in [-0.15, -0.1) is 0 Å². The molecule has 1 aliphatic heterocycles. The summed E-state index contributed by atoms with van der Waals surface area (Å²) in [4.78, 5) is 0. The number of aliphatic hydroxyl groups is 4. The fraction of sp³-hybridized carbons (Fsp3) is 1.00. The van der Waals surface area contributed by atoms with Gasteiger partial charge in [0.2, 0.25) is 0 Å². The monoisotopic (exact) mass is 503 g/mol. The average Bonchev–Trinajstić information content (AvgIpc) is 2.55. The summed E-state index contributed by atoms with van der Waals surface area (Å²) in [5, 5.41) is 39.4. The van der Waals surface area contributed by atoms with Crippen molar-refractivity contribution in [3.8, 4) is 0 Å². The number of hydrogen-bond donors (Lipinski definition) is 11. The Morgan fingerprint density at radius 3 is 1.68 bits per heavy atom. The highest BCUT2D eigenvalue weighted by atomic mass is 32.3. The molecular weight excluding hydrogens is 474 g/mol. The molecule has 2 rings (SSSR count). The lowest BCUT2D eigenvalue weighted by atomic mass is 9.84. The van der Waals surface area contributed by atoms with Gasteiger partial charge in [0, 0.05) is 25.0 Å². The van der Waals surface area contributed by atoms with Gasteiger partial charge in [-0.25, -0.2) is 0 Å². The first-order chi connectivity index (χ1) is 13.8. The standard InChI is InChI=1S/C12H25N3O6.2H2O4S/c13-3-8-6(16)2-7(17)12(20-8)21-11-5(15)1-4(14)9(18)10(11)19;2*1-5(2,3)4/h4-12,16-19H,1-3,13-15H2;2*(H2,1,2,3,4). The number of rotatable bonds is 3. The van der Waals surface area contributed by atoms with Crippen molar-refractivity contribution in [2.75, 3.05) is 6.54 Å². The molecule has 0 aromatic carbocycles. The van der Waals surface area contributed by atoms with Crippen LogP contribution in [0, 0.1) is 0 Å². The number of ether oxygens (including phenoxy) is 2. The molecule has 0 aromatic heterocycles. The second-order valence-electron chi connectivity index (χ2n) is 6.69. The molecule has 1 aliphatic carbocycles. The van der Waals surface area contributed by atoms with Crippen molar-refractivity contribution in [2.45, 2.75) is 67.8 Å². The predicted octanol–water partition coefficient (Wildman–Crippen LogP) is -5.36. The second kappa shape index (κ2) is 12.6. The van der Waals surface area contributed by atoms with Gasteiger partial charge < -0.3 is 47.1 Å². The largest absolute Gasteiger partial charge is 0.394 e. The molecule has 188 valence electrons. The molecule has 31 heavy (non-hydrogen) atoms. The van der Waals surface area contributed by atoms with E-state index in [2.05, 4.69) is 0 Å². The van der Waals surface area contributed by atoms with E-state index in [1.165, 1.54) is 0 Å². The Morgan fingerprint density at radius 2 is 1.26 bits per heavy atom. The summed E-state index contributed by atoms with van der Waals surface area (Å²) in [6.07, 6.45) is -6.73. The Hall–Kier alpha value is -0.620. The maximum absolute atomic E-state index is 10.0. The van der Waals surface area contributed by atoms with E-state index in [9.17, 15) is 20.4 Å². The van der Waals surface area contributed by atoms with Crippen LogP contribution in [0.5, 0.6) is 0 Å². The Labute approximate surface area is 177 Å². The lowest BCUT2D eigenvalue weighted by Crippen LogP contribution is -2.64. The Balaban J connectivity index is 0.000000752. The van der Waals surface area contributed by atoms with E-state index in [1.54, 1.807) is 0 Å². The van der Waals surface area contributed by atoms with Crippen LogP contribution in [0.25, 0.3) is 0 Å². The molecule has 0 bridgehead atoms. The molecule has 0 amide bonds. The molecule has 0 aromatic rings.